The van der Waals surface area contributed by atoms with Crippen LogP contribution in [0.1, 0.15) is 43.0 Å². The Labute approximate surface area is 224 Å². The molecule has 2 heterocycles. The first kappa shape index (κ1) is 27.7. The molecule has 3 aromatic rings. The molecule has 0 spiro atoms. The zero-order valence-electron chi connectivity index (χ0n) is 20.9. The predicted octanol–water partition coefficient (Wildman–Crippen LogP) is 6.43. The molecule has 3 atom stereocenters. The highest BCUT2D eigenvalue weighted by atomic mass is 35.5. The number of halogens is 4. The highest BCUT2D eigenvalue weighted by Gasteiger charge is 2.31. The number of ether oxygens (including phenoxy) is 1. The summed E-state index contributed by atoms with van der Waals surface area (Å²) in [4.78, 5) is 17.8. The number of alkyl halides is 1. The Kier molecular flexibility index (Phi) is 9.13. The molecular weight excluding hydrogens is 517 g/mol. The first-order valence-electron chi connectivity index (χ1n) is 12.4. The number of fused-ring (bicyclic) bond motifs is 1. The minimum Gasteiger partial charge on any atom is -0.497 e. The minimum absolute atomic E-state index is 0.00985. The van der Waals surface area contributed by atoms with Gasteiger partial charge >= 0.3 is 5.97 Å². The number of carboxylic acid groups (broad SMARTS) is 1. The van der Waals surface area contributed by atoms with Crippen LogP contribution >= 0.6 is 11.6 Å². The lowest BCUT2D eigenvalue weighted by atomic mass is 9.79. The van der Waals surface area contributed by atoms with Crippen molar-refractivity contribution in [2.75, 3.05) is 26.7 Å². The molecule has 0 bridgehead atoms. The topological polar surface area (TPSA) is 62.7 Å². The van der Waals surface area contributed by atoms with Crippen LogP contribution in [0.2, 0.25) is 5.02 Å². The highest BCUT2D eigenvalue weighted by Crippen LogP contribution is 2.39. The average molecular weight is 545 g/mol. The van der Waals surface area contributed by atoms with E-state index in [4.69, 9.17) is 16.3 Å². The van der Waals surface area contributed by atoms with Gasteiger partial charge in [-0.3, -0.25) is 14.7 Å². The Balaban J connectivity index is 1.42. The van der Waals surface area contributed by atoms with E-state index >= 15 is 4.39 Å². The molecule has 5 nitrogen and oxygen atoms in total. The predicted molar refractivity (Wildman–Crippen MR) is 140 cm³/mol. The van der Waals surface area contributed by atoms with Gasteiger partial charge in [-0.15, -0.1) is 0 Å². The second-order valence-electron chi connectivity index (χ2n) is 9.52. The Morgan fingerprint density at radius 2 is 2.08 bits per heavy atom. The maximum absolute atomic E-state index is 15.6. The van der Waals surface area contributed by atoms with Crippen molar-refractivity contribution in [3.05, 3.63) is 70.4 Å². The van der Waals surface area contributed by atoms with Gasteiger partial charge in [-0.25, -0.2) is 13.2 Å². The van der Waals surface area contributed by atoms with Crippen LogP contribution in [0.5, 0.6) is 5.75 Å². The number of hydrogen-bond donors (Lipinski definition) is 1. The Morgan fingerprint density at radius 1 is 1.26 bits per heavy atom. The number of benzene rings is 2. The van der Waals surface area contributed by atoms with Gasteiger partial charge in [0, 0.05) is 30.1 Å². The van der Waals surface area contributed by atoms with Crippen LogP contribution in [0.4, 0.5) is 13.2 Å². The molecular formula is C29H28ClF3N2O3. The maximum Gasteiger partial charge on any atom is 0.303 e. The third-order valence-corrected chi connectivity index (χ3v) is 7.34. The standard InChI is InChI=1S/C29H28ClF3N2O3/c1-38-22-6-9-27-23(15-22)29(24(30)16-34-27)26(33)7-4-18-10-12-35(17-20(18)14-28(36)37)11-2-3-19-13-21(31)5-8-25(19)32/h5-6,8-9,13,15-16,18,20,26H,4,7,10-12,14,17H2,1H3,(H,36,37)/t18?,20?,26-/m1/s1. The summed E-state index contributed by atoms with van der Waals surface area (Å²) in [5, 5.41) is 10.3. The molecule has 1 aliphatic rings. The van der Waals surface area contributed by atoms with E-state index in [0.29, 0.717) is 54.7 Å². The second-order valence-corrected chi connectivity index (χ2v) is 9.92. The summed E-state index contributed by atoms with van der Waals surface area (Å²) in [7, 11) is 1.53. The third-order valence-electron chi connectivity index (χ3n) is 7.04. The van der Waals surface area contributed by atoms with Gasteiger partial charge in [0.25, 0.3) is 0 Å². The van der Waals surface area contributed by atoms with Crippen LogP contribution in [-0.2, 0) is 4.79 Å². The molecule has 0 radical (unpaired) electrons. The van der Waals surface area contributed by atoms with Crippen molar-refractivity contribution in [1.29, 1.82) is 0 Å². The summed E-state index contributed by atoms with van der Waals surface area (Å²) < 4.78 is 48.1. The van der Waals surface area contributed by atoms with E-state index in [1.165, 1.54) is 13.3 Å². The summed E-state index contributed by atoms with van der Waals surface area (Å²) in [5.74, 6) is 3.84. The van der Waals surface area contributed by atoms with Crippen LogP contribution < -0.4 is 4.74 Å². The number of aromatic nitrogens is 1. The van der Waals surface area contributed by atoms with Gasteiger partial charge in [0.2, 0.25) is 0 Å². The van der Waals surface area contributed by atoms with Gasteiger partial charge in [0.15, 0.2) is 0 Å². The Hall–Kier alpha value is -3.28. The number of carboxylic acids is 1. The highest BCUT2D eigenvalue weighted by molar-refractivity contribution is 6.32. The van der Waals surface area contributed by atoms with Crippen molar-refractivity contribution >= 4 is 28.5 Å². The smallest absolute Gasteiger partial charge is 0.303 e. The van der Waals surface area contributed by atoms with Gasteiger partial charge in [0.1, 0.15) is 23.6 Å². The number of piperidine rings is 1. The largest absolute Gasteiger partial charge is 0.497 e. The van der Waals surface area contributed by atoms with Gasteiger partial charge in [-0.05, 0) is 74.0 Å². The Bertz CT molecular complexity index is 1370. The lowest BCUT2D eigenvalue weighted by Gasteiger charge is -2.37. The molecule has 9 heteroatoms. The molecule has 0 aliphatic carbocycles. The molecule has 200 valence electrons. The summed E-state index contributed by atoms with van der Waals surface area (Å²) in [6.45, 7) is 1.42. The minimum atomic E-state index is -1.35. The second kappa shape index (κ2) is 12.5. The summed E-state index contributed by atoms with van der Waals surface area (Å²) in [6.07, 6.45) is 1.42. The van der Waals surface area contributed by atoms with Crippen molar-refractivity contribution in [3.8, 4) is 17.6 Å². The van der Waals surface area contributed by atoms with Crippen molar-refractivity contribution in [2.24, 2.45) is 11.8 Å². The monoisotopic (exact) mass is 544 g/mol. The summed E-state index contributed by atoms with van der Waals surface area (Å²) >= 11 is 6.36. The number of pyridine rings is 1. The van der Waals surface area contributed by atoms with Crippen molar-refractivity contribution in [2.45, 2.75) is 31.9 Å². The number of aliphatic carboxylic acids is 1. The van der Waals surface area contributed by atoms with Crippen molar-refractivity contribution in [1.82, 2.24) is 9.88 Å². The zero-order valence-corrected chi connectivity index (χ0v) is 21.6. The summed E-state index contributed by atoms with van der Waals surface area (Å²) in [6, 6.07) is 8.34. The number of methoxy groups -OCH3 is 1. The van der Waals surface area contributed by atoms with E-state index in [1.807, 2.05) is 4.90 Å². The third kappa shape index (κ3) is 6.77. The number of nitrogens with zero attached hydrogens (tertiary/aromatic N) is 2. The molecule has 1 saturated heterocycles. The SMILES string of the molecule is COc1ccc2ncc(Cl)c([C@H](F)CCC3CCN(CC#Cc4cc(F)ccc4F)CC3CC(=O)O)c2c1. The average Bonchev–Trinajstić information content (AvgIpc) is 2.89. The molecule has 1 fully saturated rings. The quantitative estimate of drug-likeness (QED) is 0.331. The van der Waals surface area contributed by atoms with Crippen molar-refractivity contribution in [3.63, 3.8) is 0 Å². The van der Waals surface area contributed by atoms with Gasteiger partial charge in [-0.1, -0.05) is 23.4 Å². The number of likely N-dealkylation sites (tertiary alicyclic amines) is 1. The molecule has 1 aliphatic heterocycles. The zero-order chi connectivity index (χ0) is 27.2. The molecule has 1 aromatic heterocycles. The van der Waals surface area contributed by atoms with Crippen LogP contribution in [-0.4, -0.2) is 47.7 Å². The molecule has 0 amide bonds. The van der Waals surface area contributed by atoms with Gasteiger partial charge in [-0.2, -0.15) is 0 Å². The fourth-order valence-electron chi connectivity index (χ4n) is 5.09. The fraction of sp³-hybridized carbons (Fsp3) is 0.379. The lowest BCUT2D eigenvalue weighted by molar-refractivity contribution is -0.139. The first-order valence-corrected chi connectivity index (χ1v) is 12.8. The lowest BCUT2D eigenvalue weighted by Crippen LogP contribution is -2.41. The molecule has 4 rings (SSSR count). The van der Waals surface area contributed by atoms with Gasteiger partial charge in [0.05, 0.1) is 29.8 Å². The van der Waals surface area contributed by atoms with E-state index in [9.17, 15) is 18.7 Å². The van der Waals surface area contributed by atoms with Crippen LogP contribution in [0.15, 0.2) is 42.6 Å². The molecule has 1 N–H and O–H groups in total. The molecule has 0 saturated carbocycles. The van der Waals surface area contributed by atoms with E-state index in [1.54, 1.807) is 18.2 Å². The van der Waals surface area contributed by atoms with Crippen LogP contribution in [0.25, 0.3) is 10.9 Å². The molecule has 2 aromatic carbocycles. The number of carbonyl (C=O) groups is 1. The summed E-state index contributed by atoms with van der Waals surface area (Å²) in [5.41, 5.74) is 0.961. The van der Waals surface area contributed by atoms with Crippen LogP contribution in [0, 0.1) is 35.3 Å². The van der Waals surface area contributed by atoms with E-state index in [2.05, 4.69) is 16.8 Å². The molecule has 38 heavy (non-hydrogen) atoms. The molecule has 2 unspecified atom stereocenters. The van der Waals surface area contributed by atoms with Crippen LogP contribution in [0.3, 0.4) is 0 Å². The van der Waals surface area contributed by atoms with E-state index in [-0.39, 0.29) is 35.3 Å². The first-order chi connectivity index (χ1) is 18.2. The normalized spacial score (nSPS) is 18.6. The number of rotatable bonds is 8. The Morgan fingerprint density at radius 3 is 2.84 bits per heavy atom. The number of hydrogen-bond acceptors (Lipinski definition) is 4. The van der Waals surface area contributed by atoms with E-state index in [0.717, 1.165) is 18.2 Å². The van der Waals surface area contributed by atoms with Crippen molar-refractivity contribution < 1.29 is 27.8 Å². The van der Waals surface area contributed by atoms with Gasteiger partial charge < -0.3 is 9.84 Å². The van der Waals surface area contributed by atoms with E-state index < -0.39 is 23.8 Å². The maximum atomic E-state index is 15.6. The fourth-order valence-corrected chi connectivity index (χ4v) is 5.36.